The van der Waals surface area contributed by atoms with Gasteiger partial charge in [-0.25, -0.2) is 0 Å². The zero-order chi connectivity index (χ0) is 45.4. The highest BCUT2D eigenvalue weighted by Crippen LogP contribution is 2.65. The molecule has 0 saturated heterocycles. The lowest BCUT2D eigenvalue weighted by Gasteiger charge is -2.45. The van der Waals surface area contributed by atoms with E-state index in [-0.39, 0.29) is 21.7 Å². The second-order valence-corrected chi connectivity index (χ2v) is 22.5. The fraction of sp³-hybridized carbons (Fsp3) is 0.262. The molecule has 0 unspecified atom stereocenters. The lowest BCUT2D eigenvalue weighted by atomic mass is 9.61. The number of rotatable bonds is 5. The van der Waals surface area contributed by atoms with E-state index < -0.39 is 5.41 Å². The third kappa shape index (κ3) is 5.78. The smallest absolute Gasteiger partial charge is 0.0726 e. The van der Waals surface area contributed by atoms with Crippen molar-refractivity contribution in [2.24, 2.45) is 0 Å². The van der Waals surface area contributed by atoms with Gasteiger partial charge in [0.25, 0.3) is 0 Å². The summed E-state index contributed by atoms with van der Waals surface area (Å²) in [6.07, 6.45) is 4.69. The molecule has 0 aromatic heterocycles. The van der Waals surface area contributed by atoms with Crippen LogP contribution in [0, 0.1) is 0 Å². The van der Waals surface area contributed by atoms with Gasteiger partial charge in [-0.1, -0.05) is 201 Å². The van der Waals surface area contributed by atoms with Crippen molar-refractivity contribution in [2.75, 3.05) is 4.90 Å². The lowest BCUT2D eigenvalue weighted by molar-refractivity contribution is 0.332. The SMILES string of the molecule is CC1(C)CCC(C)(C)c2c(-c3ccc(-c4cc5c(cc4N(c4ccccc4)c4cccc6c4C(C)(C)CCC6(C)C)C4(c6ccccc6-c6ccccc64)c4ccccc4-5)cc3)cccc21. The molecule has 1 spiro atoms. The molecule has 1 heteroatoms. The molecule has 0 N–H and O–H groups in total. The van der Waals surface area contributed by atoms with E-state index >= 15 is 0 Å². The van der Waals surface area contributed by atoms with Crippen molar-refractivity contribution >= 4 is 17.1 Å². The van der Waals surface area contributed by atoms with E-state index in [1.54, 1.807) is 0 Å². The largest absolute Gasteiger partial charge is 0.310 e. The van der Waals surface area contributed by atoms with Gasteiger partial charge < -0.3 is 4.90 Å². The molecule has 0 fully saturated rings. The Labute approximate surface area is 393 Å². The van der Waals surface area contributed by atoms with Gasteiger partial charge in [0.05, 0.1) is 16.8 Å². The van der Waals surface area contributed by atoms with Crippen LogP contribution in [0.3, 0.4) is 0 Å². The quantitative estimate of drug-likeness (QED) is 0.167. The van der Waals surface area contributed by atoms with Gasteiger partial charge in [0.15, 0.2) is 0 Å². The van der Waals surface area contributed by atoms with E-state index in [4.69, 9.17) is 0 Å². The van der Waals surface area contributed by atoms with Crippen molar-refractivity contribution in [1.82, 2.24) is 0 Å². The fourth-order valence-corrected chi connectivity index (χ4v) is 13.2. The molecular formula is C65H61N. The van der Waals surface area contributed by atoms with Crippen LogP contribution >= 0.6 is 0 Å². The molecule has 0 heterocycles. The van der Waals surface area contributed by atoms with E-state index in [9.17, 15) is 0 Å². The maximum absolute atomic E-state index is 2.63. The van der Waals surface area contributed by atoms with Gasteiger partial charge in [0.2, 0.25) is 0 Å². The number of hydrogen-bond donors (Lipinski definition) is 0. The van der Waals surface area contributed by atoms with Gasteiger partial charge in [-0.3, -0.25) is 0 Å². The number of fused-ring (bicyclic) bond motifs is 12. The van der Waals surface area contributed by atoms with Gasteiger partial charge in [0.1, 0.15) is 0 Å². The maximum Gasteiger partial charge on any atom is 0.0726 e. The summed E-state index contributed by atoms with van der Waals surface area (Å²) in [5.41, 5.74) is 25.2. The Kier molecular flexibility index (Phi) is 8.88. The van der Waals surface area contributed by atoms with Crippen LogP contribution in [0.4, 0.5) is 17.1 Å². The van der Waals surface area contributed by atoms with Crippen molar-refractivity contribution in [2.45, 2.75) is 108 Å². The third-order valence-electron chi connectivity index (χ3n) is 16.8. The van der Waals surface area contributed by atoms with E-state index in [0.29, 0.717) is 0 Å². The second-order valence-electron chi connectivity index (χ2n) is 22.5. The van der Waals surface area contributed by atoms with Crippen LogP contribution in [0.25, 0.3) is 44.5 Å². The molecule has 4 aliphatic rings. The third-order valence-corrected chi connectivity index (χ3v) is 16.8. The van der Waals surface area contributed by atoms with Crippen LogP contribution < -0.4 is 4.90 Å². The van der Waals surface area contributed by atoms with Crippen molar-refractivity contribution in [3.63, 3.8) is 0 Å². The first-order valence-corrected chi connectivity index (χ1v) is 24.4. The monoisotopic (exact) mass is 855 g/mol. The molecule has 1 nitrogen and oxygen atoms in total. The molecule has 12 rings (SSSR count). The van der Waals surface area contributed by atoms with E-state index in [1.165, 1.54) is 119 Å². The fourth-order valence-electron chi connectivity index (χ4n) is 13.2. The zero-order valence-electron chi connectivity index (χ0n) is 40.0. The summed E-state index contributed by atoms with van der Waals surface area (Å²) in [5.74, 6) is 0. The van der Waals surface area contributed by atoms with Crippen LogP contribution in [-0.4, -0.2) is 0 Å². The highest BCUT2D eigenvalue weighted by atomic mass is 15.1. The molecule has 0 bridgehead atoms. The van der Waals surface area contributed by atoms with Gasteiger partial charge in [-0.2, -0.15) is 0 Å². The van der Waals surface area contributed by atoms with Gasteiger partial charge in [0, 0.05) is 11.3 Å². The highest BCUT2D eigenvalue weighted by molar-refractivity contribution is 6.00. The first kappa shape index (κ1) is 41.0. The minimum atomic E-state index is -0.469. The van der Waals surface area contributed by atoms with E-state index in [1.807, 2.05) is 0 Å². The van der Waals surface area contributed by atoms with Crippen LogP contribution in [0.1, 0.15) is 126 Å². The minimum absolute atomic E-state index is 0.0228. The Morgan fingerprint density at radius 1 is 0.303 bits per heavy atom. The summed E-state index contributed by atoms with van der Waals surface area (Å²) in [7, 11) is 0. The summed E-state index contributed by atoms with van der Waals surface area (Å²) in [4.78, 5) is 2.63. The Morgan fingerprint density at radius 2 is 0.727 bits per heavy atom. The van der Waals surface area contributed by atoms with Gasteiger partial charge in [-0.15, -0.1) is 0 Å². The standard InChI is InChI=1S/C65H61N/c1-61(2)36-38-63(5,6)59-45(25-18-29-54(59)61)42-32-34-43(35-33-42)49-40-50-48-24-14-17-28-53(48)65(51-26-15-12-22-46(51)47-23-13-16-27-52(47)65)56(50)41-58(49)66(44-20-10-9-11-21-44)57-31-19-30-55-60(57)64(7,8)39-37-62(55,3)4/h9-35,40-41H,36-39H2,1-8H3. The van der Waals surface area contributed by atoms with E-state index in [0.717, 1.165) is 12.8 Å². The Balaban J connectivity index is 1.17. The number of para-hydroxylation sites is 1. The minimum Gasteiger partial charge on any atom is -0.310 e. The Bertz CT molecular complexity index is 3200. The predicted octanol–water partition coefficient (Wildman–Crippen LogP) is 17.5. The Morgan fingerprint density at radius 3 is 1.30 bits per heavy atom. The number of anilines is 3. The van der Waals surface area contributed by atoms with Crippen LogP contribution in [0.2, 0.25) is 0 Å². The number of nitrogens with zero attached hydrogens (tertiary/aromatic N) is 1. The molecule has 0 saturated carbocycles. The Hall–Kier alpha value is -6.44. The second kappa shape index (κ2) is 14.3. The van der Waals surface area contributed by atoms with Gasteiger partial charge in [-0.05, 0) is 161 Å². The van der Waals surface area contributed by atoms with Crippen LogP contribution in [0.5, 0.6) is 0 Å². The summed E-state index contributed by atoms with van der Waals surface area (Å²) in [6, 6.07) is 67.8. The summed E-state index contributed by atoms with van der Waals surface area (Å²) >= 11 is 0. The topological polar surface area (TPSA) is 3.24 Å². The van der Waals surface area contributed by atoms with Crippen molar-refractivity contribution in [1.29, 1.82) is 0 Å². The summed E-state index contributed by atoms with van der Waals surface area (Å²) in [5, 5.41) is 0. The first-order chi connectivity index (χ1) is 31.7. The van der Waals surface area contributed by atoms with Crippen molar-refractivity contribution in [3.05, 3.63) is 220 Å². The van der Waals surface area contributed by atoms with Crippen LogP contribution in [0.15, 0.2) is 176 Å². The molecule has 4 aliphatic carbocycles. The molecule has 0 atom stereocenters. The predicted molar refractivity (Wildman–Crippen MR) is 279 cm³/mol. The molecule has 0 aliphatic heterocycles. The van der Waals surface area contributed by atoms with E-state index in [2.05, 4.69) is 236 Å². The molecule has 8 aromatic rings. The van der Waals surface area contributed by atoms with Crippen LogP contribution in [-0.2, 0) is 27.1 Å². The van der Waals surface area contributed by atoms with Crippen molar-refractivity contribution in [3.8, 4) is 44.5 Å². The summed E-state index contributed by atoms with van der Waals surface area (Å²) < 4.78 is 0. The van der Waals surface area contributed by atoms with Crippen molar-refractivity contribution < 1.29 is 0 Å². The maximum atomic E-state index is 2.63. The molecule has 66 heavy (non-hydrogen) atoms. The zero-order valence-corrected chi connectivity index (χ0v) is 40.0. The highest BCUT2D eigenvalue weighted by Gasteiger charge is 2.52. The number of benzene rings is 8. The first-order valence-electron chi connectivity index (χ1n) is 24.4. The molecule has 0 amide bonds. The average molecular weight is 856 g/mol. The molecule has 8 aromatic carbocycles. The molecular weight excluding hydrogens is 795 g/mol. The summed E-state index contributed by atoms with van der Waals surface area (Å²) in [6.45, 7) is 19.6. The normalized spacial score (nSPS) is 18.1. The average Bonchev–Trinajstić information content (AvgIpc) is 3.79. The van der Waals surface area contributed by atoms with Gasteiger partial charge >= 0.3 is 0 Å². The molecule has 0 radical (unpaired) electrons. The molecule has 326 valence electrons. The number of hydrogen-bond acceptors (Lipinski definition) is 1. The lowest BCUT2D eigenvalue weighted by Crippen LogP contribution is -2.35.